The Morgan fingerprint density at radius 3 is 1.79 bits per heavy atom. The number of carboxylic acid groups (broad SMARTS) is 1. The van der Waals surface area contributed by atoms with Gasteiger partial charge in [-0.05, 0) is 42.5 Å². The molecule has 0 bridgehead atoms. The van der Waals surface area contributed by atoms with E-state index in [4.69, 9.17) is 14.9 Å². The maximum absolute atomic E-state index is 12.4. The van der Waals surface area contributed by atoms with Crippen LogP contribution in [0.2, 0.25) is 0 Å². The van der Waals surface area contributed by atoms with Gasteiger partial charge in [0.05, 0.1) is 5.56 Å². The van der Waals surface area contributed by atoms with Crippen molar-refractivity contribution in [1.29, 1.82) is 0 Å². The Morgan fingerprint density at radius 2 is 1.27 bits per heavy atom. The molecule has 0 aliphatic heterocycles. The molecule has 0 aliphatic rings. The van der Waals surface area contributed by atoms with Gasteiger partial charge < -0.3 is 19.8 Å². The van der Waals surface area contributed by atoms with Crippen molar-refractivity contribution in [1.82, 2.24) is 4.90 Å². The Bertz CT molecular complexity index is 933. The predicted molar refractivity (Wildman–Crippen MR) is 128 cm³/mol. The minimum atomic E-state index is -0.879. The molecule has 0 radical (unpaired) electrons. The second-order valence-corrected chi connectivity index (χ2v) is 7.40. The van der Waals surface area contributed by atoms with Crippen molar-refractivity contribution in [3.05, 3.63) is 108 Å². The van der Waals surface area contributed by atoms with Gasteiger partial charge in [-0.2, -0.15) is 0 Å². The molecule has 0 saturated heterocycles. The summed E-state index contributed by atoms with van der Waals surface area (Å²) in [6.07, 6.45) is 2.21. The number of amides is 1. The fourth-order valence-corrected chi connectivity index (χ4v) is 3.02. The van der Waals surface area contributed by atoms with Crippen LogP contribution in [0.4, 0.5) is 4.79 Å². The molecular formula is C27H31NO5. The standard InChI is InChI=1S/C20H25NO3.C7H6O2/c22-15-9-3-8-14-21(16-18-10-4-1-5-11-18)20(23)24-17-19-12-6-2-7-13-19;8-7(9)6-4-2-1-3-5-6/h1-2,4-7,10-13,22H,3,8-9,14-17H2;1-5H,(H,8,9). The van der Waals surface area contributed by atoms with E-state index in [0.717, 1.165) is 30.4 Å². The smallest absolute Gasteiger partial charge is 0.410 e. The summed E-state index contributed by atoms with van der Waals surface area (Å²) in [6, 6.07) is 27.9. The van der Waals surface area contributed by atoms with E-state index in [-0.39, 0.29) is 19.3 Å². The van der Waals surface area contributed by atoms with E-state index in [1.54, 1.807) is 35.2 Å². The summed E-state index contributed by atoms with van der Waals surface area (Å²) in [5.41, 5.74) is 2.39. The minimum Gasteiger partial charge on any atom is -0.478 e. The number of aliphatic hydroxyl groups is 1. The second kappa shape index (κ2) is 15.2. The van der Waals surface area contributed by atoms with Gasteiger partial charge in [0.1, 0.15) is 6.61 Å². The van der Waals surface area contributed by atoms with Crippen molar-refractivity contribution in [3.63, 3.8) is 0 Å². The van der Waals surface area contributed by atoms with E-state index in [1.807, 2.05) is 60.7 Å². The van der Waals surface area contributed by atoms with E-state index in [9.17, 15) is 9.59 Å². The van der Waals surface area contributed by atoms with Crippen molar-refractivity contribution in [3.8, 4) is 0 Å². The topological polar surface area (TPSA) is 87.1 Å². The van der Waals surface area contributed by atoms with E-state index in [0.29, 0.717) is 18.7 Å². The number of unbranched alkanes of at least 4 members (excludes halogenated alkanes) is 2. The zero-order valence-corrected chi connectivity index (χ0v) is 18.7. The molecule has 0 aromatic heterocycles. The third-order valence-corrected chi connectivity index (χ3v) is 4.79. The van der Waals surface area contributed by atoms with Gasteiger partial charge in [0.15, 0.2) is 0 Å². The molecule has 174 valence electrons. The lowest BCUT2D eigenvalue weighted by Crippen LogP contribution is -2.32. The normalized spacial score (nSPS) is 9.97. The van der Waals surface area contributed by atoms with E-state index in [1.165, 1.54) is 0 Å². The highest BCUT2D eigenvalue weighted by Crippen LogP contribution is 2.10. The number of carboxylic acids is 1. The van der Waals surface area contributed by atoms with E-state index in [2.05, 4.69) is 0 Å². The number of nitrogens with zero attached hydrogens (tertiary/aromatic N) is 1. The van der Waals surface area contributed by atoms with Gasteiger partial charge >= 0.3 is 12.1 Å². The van der Waals surface area contributed by atoms with Gasteiger partial charge in [-0.3, -0.25) is 0 Å². The molecule has 0 spiro atoms. The van der Waals surface area contributed by atoms with Crippen LogP contribution in [-0.2, 0) is 17.9 Å². The third kappa shape index (κ3) is 10.5. The highest BCUT2D eigenvalue weighted by Gasteiger charge is 2.15. The maximum atomic E-state index is 12.4. The van der Waals surface area contributed by atoms with Gasteiger partial charge in [-0.15, -0.1) is 0 Å². The van der Waals surface area contributed by atoms with Crippen LogP contribution in [0.25, 0.3) is 0 Å². The number of hydrogen-bond acceptors (Lipinski definition) is 4. The number of aliphatic hydroxyl groups excluding tert-OH is 1. The molecule has 3 aromatic carbocycles. The molecule has 0 atom stereocenters. The van der Waals surface area contributed by atoms with Crippen LogP contribution in [0.5, 0.6) is 0 Å². The summed E-state index contributed by atoms with van der Waals surface area (Å²) in [4.78, 5) is 24.4. The number of hydrogen-bond donors (Lipinski definition) is 2. The fraction of sp³-hybridized carbons (Fsp3) is 0.259. The Morgan fingerprint density at radius 1 is 0.727 bits per heavy atom. The van der Waals surface area contributed by atoms with Crippen LogP contribution >= 0.6 is 0 Å². The first-order valence-corrected chi connectivity index (χ1v) is 11.0. The molecule has 0 saturated carbocycles. The molecule has 0 heterocycles. The summed E-state index contributed by atoms with van der Waals surface area (Å²) < 4.78 is 5.46. The number of carbonyl (C=O) groups is 2. The lowest BCUT2D eigenvalue weighted by molar-refractivity contribution is 0.0696. The monoisotopic (exact) mass is 449 g/mol. The first-order valence-electron chi connectivity index (χ1n) is 11.0. The van der Waals surface area contributed by atoms with Crippen LogP contribution < -0.4 is 0 Å². The SMILES string of the molecule is O=C(O)c1ccccc1.O=C(OCc1ccccc1)N(CCCCCO)Cc1ccccc1. The van der Waals surface area contributed by atoms with Gasteiger partial charge in [0.2, 0.25) is 0 Å². The number of aromatic carboxylic acids is 1. The highest BCUT2D eigenvalue weighted by molar-refractivity contribution is 5.87. The number of rotatable bonds is 10. The fourth-order valence-electron chi connectivity index (χ4n) is 3.02. The third-order valence-electron chi connectivity index (χ3n) is 4.79. The summed E-state index contributed by atoms with van der Waals surface area (Å²) in [7, 11) is 0. The number of carbonyl (C=O) groups excluding carboxylic acids is 1. The molecule has 3 aromatic rings. The molecule has 33 heavy (non-hydrogen) atoms. The summed E-state index contributed by atoms with van der Waals surface area (Å²) in [6.45, 7) is 1.63. The van der Waals surface area contributed by atoms with Crippen molar-refractivity contribution in [2.45, 2.75) is 32.4 Å². The lowest BCUT2D eigenvalue weighted by atomic mass is 10.2. The predicted octanol–water partition coefficient (Wildman–Crippen LogP) is 5.37. The molecule has 6 nitrogen and oxygen atoms in total. The molecule has 1 amide bonds. The molecule has 0 fully saturated rings. The number of ether oxygens (including phenoxy) is 1. The summed E-state index contributed by atoms with van der Waals surface area (Å²) in [5.74, 6) is -0.879. The Labute approximate surface area is 195 Å². The largest absolute Gasteiger partial charge is 0.478 e. The first kappa shape index (κ1) is 25.6. The average molecular weight is 450 g/mol. The second-order valence-electron chi connectivity index (χ2n) is 7.40. The Kier molecular flexibility index (Phi) is 11.8. The van der Waals surface area contributed by atoms with E-state index < -0.39 is 5.97 Å². The molecule has 6 heteroatoms. The molecular weight excluding hydrogens is 418 g/mol. The lowest BCUT2D eigenvalue weighted by Gasteiger charge is -2.22. The molecule has 3 rings (SSSR count). The Hall–Kier alpha value is -3.64. The van der Waals surface area contributed by atoms with Crippen LogP contribution in [0.15, 0.2) is 91.0 Å². The number of benzene rings is 3. The minimum absolute atomic E-state index is 0.192. The summed E-state index contributed by atoms with van der Waals surface area (Å²) in [5, 5.41) is 17.3. The van der Waals surface area contributed by atoms with Crippen molar-refractivity contribution in [2.75, 3.05) is 13.2 Å². The van der Waals surface area contributed by atoms with Gasteiger partial charge in [-0.1, -0.05) is 78.9 Å². The van der Waals surface area contributed by atoms with Gasteiger partial charge in [0, 0.05) is 19.7 Å². The first-order chi connectivity index (χ1) is 16.1. The quantitative estimate of drug-likeness (QED) is 0.406. The zero-order chi connectivity index (χ0) is 23.7. The van der Waals surface area contributed by atoms with Crippen molar-refractivity contribution < 1.29 is 24.5 Å². The molecule has 0 aliphatic carbocycles. The van der Waals surface area contributed by atoms with Crippen LogP contribution in [-0.4, -0.2) is 40.3 Å². The highest BCUT2D eigenvalue weighted by atomic mass is 16.6. The molecule has 0 unspecified atom stereocenters. The van der Waals surface area contributed by atoms with Gasteiger partial charge in [-0.25, -0.2) is 9.59 Å². The van der Waals surface area contributed by atoms with Crippen LogP contribution in [0.3, 0.4) is 0 Å². The Balaban J connectivity index is 0.000000357. The van der Waals surface area contributed by atoms with Crippen LogP contribution in [0.1, 0.15) is 40.7 Å². The summed E-state index contributed by atoms with van der Waals surface area (Å²) >= 11 is 0. The van der Waals surface area contributed by atoms with Crippen LogP contribution in [0, 0.1) is 0 Å². The maximum Gasteiger partial charge on any atom is 0.410 e. The van der Waals surface area contributed by atoms with Crippen molar-refractivity contribution >= 4 is 12.1 Å². The van der Waals surface area contributed by atoms with E-state index >= 15 is 0 Å². The molecule has 2 N–H and O–H groups in total. The van der Waals surface area contributed by atoms with Gasteiger partial charge in [0.25, 0.3) is 0 Å². The average Bonchev–Trinajstić information content (AvgIpc) is 2.86. The zero-order valence-electron chi connectivity index (χ0n) is 18.7. The van der Waals surface area contributed by atoms with Crippen molar-refractivity contribution in [2.24, 2.45) is 0 Å².